The molecular formula is C23H25N3O2S. The van der Waals surface area contributed by atoms with Crippen molar-refractivity contribution in [2.24, 2.45) is 4.99 Å². The molecule has 0 saturated heterocycles. The lowest BCUT2D eigenvalue weighted by Crippen LogP contribution is -2.30. The van der Waals surface area contributed by atoms with Crippen molar-refractivity contribution in [3.8, 4) is 0 Å². The molecule has 0 spiro atoms. The zero-order valence-corrected chi connectivity index (χ0v) is 17.4. The molecule has 0 aliphatic rings. The highest BCUT2D eigenvalue weighted by molar-refractivity contribution is 7.90. The number of anilines is 1. The fraction of sp³-hybridized carbons (Fsp3) is 0.174. The van der Waals surface area contributed by atoms with Gasteiger partial charge in [-0.1, -0.05) is 60.2 Å². The molecule has 3 aromatic carbocycles. The summed E-state index contributed by atoms with van der Waals surface area (Å²) in [5.74, 6) is 0.656. The summed E-state index contributed by atoms with van der Waals surface area (Å²) < 4.78 is 23.2. The van der Waals surface area contributed by atoms with Gasteiger partial charge in [-0.05, 0) is 42.3 Å². The van der Waals surface area contributed by atoms with Crippen molar-refractivity contribution in [1.29, 1.82) is 0 Å². The molecule has 0 aliphatic carbocycles. The fourth-order valence-corrected chi connectivity index (χ4v) is 3.33. The molecule has 0 amide bonds. The molecule has 2 N–H and O–H groups in total. The van der Waals surface area contributed by atoms with Gasteiger partial charge >= 0.3 is 0 Å². The molecule has 0 fully saturated rings. The highest BCUT2D eigenvalue weighted by Gasteiger charge is 2.06. The van der Waals surface area contributed by atoms with Crippen LogP contribution in [0.25, 0.3) is 0 Å². The van der Waals surface area contributed by atoms with Crippen LogP contribution < -0.4 is 10.6 Å². The number of aliphatic imine (C=N–C) groups is 1. The van der Waals surface area contributed by atoms with Gasteiger partial charge in [0.05, 0.1) is 11.4 Å². The van der Waals surface area contributed by atoms with E-state index in [1.807, 2.05) is 30.3 Å². The first-order valence-corrected chi connectivity index (χ1v) is 11.2. The summed E-state index contributed by atoms with van der Waals surface area (Å²) in [7, 11) is -3.19. The highest BCUT2D eigenvalue weighted by atomic mass is 32.2. The second-order valence-corrected chi connectivity index (χ2v) is 8.93. The third kappa shape index (κ3) is 6.47. The summed E-state index contributed by atoms with van der Waals surface area (Å²) >= 11 is 0. The summed E-state index contributed by atoms with van der Waals surface area (Å²) in [5, 5.41) is 6.66. The lowest BCUT2D eigenvalue weighted by Gasteiger charge is -2.13. The second-order valence-electron chi connectivity index (χ2n) is 6.91. The number of benzene rings is 3. The Morgan fingerprint density at radius 1 is 0.862 bits per heavy atom. The van der Waals surface area contributed by atoms with Crippen LogP contribution in [0.4, 0.5) is 5.69 Å². The van der Waals surface area contributed by atoms with E-state index in [4.69, 9.17) is 0 Å². The van der Waals surface area contributed by atoms with Crippen molar-refractivity contribution in [2.75, 3.05) is 11.6 Å². The number of rotatable bonds is 6. The topological polar surface area (TPSA) is 70.6 Å². The van der Waals surface area contributed by atoms with E-state index >= 15 is 0 Å². The van der Waals surface area contributed by atoms with Crippen molar-refractivity contribution in [1.82, 2.24) is 5.32 Å². The molecule has 3 rings (SSSR count). The minimum atomic E-state index is -3.19. The zero-order chi connectivity index (χ0) is 20.7. The zero-order valence-electron chi connectivity index (χ0n) is 16.6. The molecule has 29 heavy (non-hydrogen) atoms. The number of hydrogen-bond donors (Lipinski definition) is 2. The molecule has 0 bridgehead atoms. The van der Waals surface area contributed by atoms with Gasteiger partial charge in [-0.2, -0.15) is 0 Å². The van der Waals surface area contributed by atoms with Gasteiger partial charge in [0.25, 0.3) is 0 Å². The normalized spacial score (nSPS) is 11.9. The smallest absolute Gasteiger partial charge is 0.196 e. The van der Waals surface area contributed by atoms with Crippen LogP contribution in [-0.4, -0.2) is 20.6 Å². The van der Waals surface area contributed by atoms with Gasteiger partial charge in [0.1, 0.15) is 0 Å². The van der Waals surface area contributed by atoms with Gasteiger partial charge in [0.2, 0.25) is 0 Å². The molecule has 3 aromatic rings. The number of nitrogens with zero attached hydrogens (tertiary/aromatic N) is 1. The summed E-state index contributed by atoms with van der Waals surface area (Å²) in [5.41, 5.74) is 4.26. The molecule has 0 aliphatic heterocycles. The Morgan fingerprint density at radius 2 is 1.48 bits per heavy atom. The lowest BCUT2D eigenvalue weighted by atomic mass is 10.1. The molecule has 0 aromatic heterocycles. The van der Waals surface area contributed by atoms with Crippen LogP contribution in [-0.2, 0) is 22.9 Å². The standard InChI is InChI=1S/C23H25N3O2S/c1-18-8-10-19(11-9-18)16-24-23(26-21-6-4-3-5-7-21)25-17-20-12-14-22(15-13-20)29(2,27)28/h3-15H,16-17H2,1-2H3,(H2,24,25,26). The van der Waals surface area contributed by atoms with E-state index in [-0.39, 0.29) is 0 Å². The number of aryl methyl sites for hydroxylation is 1. The second kappa shape index (κ2) is 9.39. The molecular weight excluding hydrogens is 382 g/mol. The van der Waals surface area contributed by atoms with Crippen molar-refractivity contribution in [3.63, 3.8) is 0 Å². The monoisotopic (exact) mass is 407 g/mol. The number of guanidine groups is 1. The third-order valence-electron chi connectivity index (χ3n) is 4.39. The van der Waals surface area contributed by atoms with E-state index in [0.29, 0.717) is 23.9 Å². The summed E-state index contributed by atoms with van der Waals surface area (Å²) in [6.45, 7) is 3.14. The van der Waals surface area contributed by atoms with Gasteiger partial charge in [-0.15, -0.1) is 0 Å². The Bertz CT molecular complexity index is 1060. The molecule has 0 heterocycles. The Labute approximate surface area is 172 Å². The first-order chi connectivity index (χ1) is 13.9. The first-order valence-electron chi connectivity index (χ1n) is 9.35. The van der Waals surface area contributed by atoms with Crippen molar-refractivity contribution in [2.45, 2.75) is 24.9 Å². The number of sulfone groups is 1. The molecule has 0 atom stereocenters. The molecule has 0 radical (unpaired) electrons. The average Bonchev–Trinajstić information content (AvgIpc) is 2.71. The quantitative estimate of drug-likeness (QED) is 0.476. The maximum Gasteiger partial charge on any atom is 0.196 e. The Hall–Kier alpha value is -3.12. The summed E-state index contributed by atoms with van der Waals surface area (Å²) in [6.07, 6.45) is 1.21. The molecule has 6 heteroatoms. The van der Waals surface area contributed by atoms with Crippen LogP contribution in [0.15, 0.2) is 88.8 Å². The molecule has 0 saturated carbocycles. The van der Waals surface area contributed by atoms with E-state index in [0.717, 1.165) is 16.8 Å². The van der Waals surface area contributed by atoms with Crippen molar-refractivity contribution in [3.05, 3.63) is 95.6 Å². The third-order valence-corrected chi connectivity index (χ3v) is 5.52. The lowest BCUT2D eigenvalue weighted by molar-refractivity contribution is 0.602. The van der Waals surface area contributed by atoms with Crippen molar-refractivity contribution >= 4 is 21.5 Å². The van der Waals surface area contributed by atoms with Crippen LogP contribution in [0.5, 0.6) is 0 Å². The van der Waals surface area contributed by atoms with E-state index in [2.05, 4.69) is 46.8 Å². The number of hydrogen-bond acceptors (Lipinski definition) is 3. The largest absolute Gasteiger partial charge is 0.352 e. The van der Waals surface area contributed by atoms with Crippen molar-refractivity contribution < 1.29 is 8.42 Å². The van der Waals surface area contributed by atoms with Crippen LogP contribution in [0.3, 0.4) is 0 Å². The van der Waals surface area contributed by atoms with E-state index in [1.165, 1.54) is 11.8 Å². The van der Waals surface area contributed by atoms with Crippen LogP contribution >= 0.6 is 0 Å². The van der Waals surface area contributed by atoms with Gasteiger partial charge < -0.3 is 10.6 Å². The number of para-hydroxylation sites is 1. The van der Waals surface area contributed by atoms with Gasteiger partial charge in [0, 0.05) is 18.5 Å². The van der Waals surface area contributed by atoms with E-state index in [1.54, 1.807) is 24.3 Å². The average molecular weight is 408 g/mol. The maximum absolute atomic E-state index is 11.6. The predicted octanol–water partition coefficient (Wildman–Crippen LogP) is 4.16. The molecule has 150 valence electrons. The summed E-state index contributed by atoms with van der Waals surface area (Å²) in [6, 6.07) is 25.0. The minimum Gasteiger partial charge on any atom is -0.352 e. The van der Waals surface area contributed by atoms with E-state index < -0.39 is 9.84 Å². The highest BCUT2D eigenvalue weighted by Crippen LogP contribution is 2.12. The van der Waals surface area contributed by atoms with E-state index in [9.17, 15) is 8.42 Å². The Morgan fingerprint density at radius 3 is 2.10 bits per heavy atom. The maximum atomic E-state index is 11.6. The minimum absolute atomic E-state index is 0.311. The Balaban J connectivity index is 1.73. The number of nitrogens with one attached hydrogen (secondary N) is 2. The van der Waals surface area contributed by atoms with Gasteiger partial charge in [-0.25, -0.2) is 13.4 Å². The van der Waals surface area contributed by atoms with Crippen LogP contribution in [0.1, 0.15) is 16.7 Å². The summed E-state index contributed by atoms with van der Waals surface area (Å²) in [4.78, 5) is 4.97. The predicted molar refractivity (Wildman–Crippen MR) is 119 cm³/mol. The SMILES string of the molecule is Cc1ccc(CNC(=NCc2ccc(S(C)(=O)=O)cc2)Nc2ccccc2)cc1. The Kier molecular flexibility index (Phi) is 6.67. The van der Waals surface area contributed by atoms with Crippen LogP contribution in [0.2, 0.25) is 0 Å². The first kappa shape index (κ1) is 20.6. The molecule has 0 unspecified atom stereocenters. The molecule has 5 nitrogen and oxygen atoms in total. The fourth-order valence-electron chi connectivity index (χ4n) is 2.70. The van der Waals surface area contributed by atoms with Crippen LogP contribution in [0, 0.1) is 6.92 Å². The van der Waals surface area contributed by atoms with Gasteiger partial charge in [-0.3, -0.25) is 0 Å². The van der Waals surface area contributed by atoms with Gasteiger partial charge in [0.15, 0.2) is 15.8 Å².